The smallest absolute Gasteiger partial charge is 0.475 e. The first kappa shape index (κ1) is 19.8. The van der Waals surface area contributed by atoms with Gasteiger partial charge >= 0.3 is 12.1 Å². The lowest BCUT2D eigenvalue weighted by molar-refractivity contribution is -0.192. The van der Waals surface area contributed by atoms with E-state index < -0.39 is 12.1 Å². The average molecular weight is 363 g/mol. The van der Waals surface area contributed by atoms with Gasteiger partial charge in [0.2, 0.25) is 0 Å². The van der Waals surface area contributed by atoms with Crippen LogP contribution in [0.3, 0.4) is 0 Å². The molecule has 1 aromatic rings. The quantitative estimate of drug-likeness (QED) is 0.891. The molecule has 142 valence electrons. The normalized spacial score (nSPS) is 26.7. The molecule has 0 bridgehead atoms. The molecular weight excluding hydrogens is 339 g/mol. The van der Waals surface area contributed by atoms with Gasteiger partial charge in [-0.2, -0.15) is 13.2 Å². The Kier molecular flexibility index (Phi) is 6.51. The van der Waals surface area contributed by atoms with Gasteiger partial charge in [0.15, 0.2) is 0 Å². The van der Waals surface area contributed by atoms with E-state index in [-0.39, 0.29) is 0 Å². The number of aryl methyl sites for hydroxylation is 1. The van der Waals surface area contributed by atoms with Crippen LogP contribution in [-0.4, -0.2) is 47.4 Å². The van der Waals surface area contributed by atoms with Crippen molar-refractivity contribution in [2.75, 3.05) is 13.1 Å². The minimum Gasteiger partial charge on any atom is -0.475 e. The van der Waals surface area contributed by atoms with E-state index in [0.717, 1.165) is 43.5 Å². The van der Waals surface area contributed by atoms with E-state index in [1.807, 2.05) is 0 Å². The summed E-state index contributed by atoms with van der Waals surface area (Å²) in [6.07, 6.45) is -0.735. The SMILES string of the molecule is CCc1ccc(CN2CC[C@@H]3O[C@@H](C)C[C@H]3C2)o1.O=C(O)C(F)(F)F. The molecule has 3 heterocycles. The number of alkyl halides is 3. The van der Waals surface area contributed by atoms with Crippen molar-refractivity contribution in [1.29, 1.82) is 0 Å². The number of carbonyl (C=O) groups is 1. The van der Waals surface area contributed by atoms with Gasteiger partial charge < -0.3 is 14.3 Å². The van der Waals surface area contributed by atoms with E-state index in [1.54, 1.807) is 0 Å². The summed E-state index contributed by atoms with van der Waals surface area (Å²) in [6.45, 7) is 7.58. The Labute approximate surface area is 144 Å². The van der Waals surface area contributed by atoms with Gasteiger partial charge in [0, 0.05) is 25.4 Å². The monoisotopic (exact) mass is 363 g/mol. The molecular formula is C17H24F3NO4. The van der Waals surface area contributed by atoms with Gasteiger partial charge in [-0.1, -0.05) is 6.92 Å². The molecule has 0 aromatic carbocycles. The molecule has 0 aliphatic carbocycles. The third-order valence-electron chi connectivity index (χ3n) is 4.48. The van der Waals surface area contributed by atoms with Crippen LogP contribution in [0.15, 0.2) is 16.5 Å². The molecule has 0 unspecified atom stereocenters. The van der Waals surface area contributed by atoms with Crippen LogP contribution in [0.25, 0.3) is 0 Å². The van der Waals surface area contributed by atoms with Crippen molar-refractivity contribution >= 4 is 5.97 Å². The molecule has 0 spiro atoms. The number of piperidine rings is 1. The number of halogens is 3. The number of carboxylic acids is 1. The Bertz CT molecular complexity index is 572. The maximum Gasteiger partial charge on any atom is 0.490 e. The highest BCUT2D eigenvalue weighted by molar-refractivity contribution is 5.73. The summed E-state index contributed by atoms with van der Waals surface area (Å²) in [5, 5.41) is 7.12. The van der Waals surface area contributed by atoms with Crippen molar-refractivity contribution in [2.45, 2.75) is 58.0 Å². The summed E-state index contributed by atoms with van der Waals surface area (Å²) < 4.78 is 43.5. The van der Waals surface area contributed by atoms with Crippen LogP contribution in [-0.2, 0) is 22.5 Å². The number of rotatable bonds is 3. The first-order valence-corrected chi connectivity index (χ1v) is 8.44. The molecule has 5 nitrogen and oxygen atoms in total. The van der Waals surface area contributed by atoms with Crippen molar-refractivity contribution in [3.8, 4) is 0 Å². The Morgan fingerprint density at radius 1 is 1.36 bits per heavy atom. The highest BCUT2D eigenvalue weighted by Gasteiger charge is 2.38. The van der Waals surface area contributed by atoms with Crippen molar-refractivity contribution in [2.24, 2.45) is 5.92 Å². The summed E-state index contributed by atoms with van der Waals surface area (Å²) >= 11 is 0. The Hall–Kier alpha value is -1.54. The zero-order chi connectivity index (χ0) is 18.6. The lowest BCUT2D eigenvalue weighted by atomic mass is 9.93. The Balaban J connectivity index is 0.000000277. The number of aliphatic carboxylic acids is 1. The van der Waals surface area contributed by atoms with E-state index in [9.17, 15) is 13.2 Å². The maximum atomic E-state index is 10.6. The van der Waals surface area contributed by atoms with E-state index in [1.165, 1.54) is 12.8 Å². The molecule has 2 fully saturated rings. The number of hydrogen-bond acceptors (Lipinski definition) is 4. The summed E-state index contributed by atoms with van der Waals surface area (Å²) in [6, 6.07) is 4.22. The first-order chi connectivity index (χ1) is 11.7. The number of furan rings is 1. The molecule has 3 rings (SSSR count). The maximum absolute atomic E-state index is 10.6. The summed E-state index contributed by atoms with van der Waals surface area (Å²) in [7, 11) is 0. The van der Waals surface area contributed by atoms with E-state index >= 15 is 0 Å². The highest BCUT2D eigenvalue weighted by Crippen LogP contribution is 2.33. The number of likely N-dealkylation sites (tertiary alicyclic amines) is 1. The predicted molar refractivity (Wildman–Crippen MR) is 84.1 cm³/mol. The van der Waals surface area contributed by atoms with Gasteiger partial charge in [0.25, 0.3) is 0 Å². The molecule has 2 saturated heterocycles. The van der Waals surface area contributed by atoms with Crippen molar-refractivity contribution in [1.82, 2.24) is 4.90 Å². The van der Waals surface area contributed by atoms with Gasteiger partial charge in [-0.25, -0.2) is 4.79 Å². The molecule has 0 radical (unpaired) electrons. The number of hydrogen-bond donors (Lipinski definition) is 1. The minimum absolute atomic E-state index is 0.454. The molecule has 0 amide bonds. The molecule has 0 saturated carbocycles. The second-order valence-electron chi connectivity index (χ2n) is 6.53. The Morgan fingerprint density at radius 2 is 2.00 bits per heavy atom. The third-order valence-corrected chi connectivity index (χ3v) is 4.48. The number of nitrogens with zero attached hydrogens (tertiary/aromatic N) is 1. The second kappa shape index (κ2) is 8.23. The summed E-state index contributed by atoms with van der Waals surface area (Å²) in [5.74, 6) is 0.178. The first-order valence-electron chi connectivity index (χ1n) is 8.44. The molecule has 1 aromatic heterocycles. The van der Waals surface area contributed by atoms with Gasteiger partial charge in [0.05, 0.1) is 18.8 Å². The molecule has 2 aliphatic rings. The fraction of sp³-hybridized carbons (Fsp3) is 0.706. The lowest BCUT2D eigenvalue weighted by Crippen LogP contribution is -2.40. The van der Waals surface area contributed by atoms with Crippen LogP contribution >= 0.6 is 0 Å². The molecule has 25 heavy (non-hydrogen) atoms. The van der Waals surface area contributed by atoms with Gasteiger partial charge in [0.1, 0.15) is 11.5 Å². The lowest BCUT2D eigenvalue weighted by Gasteiger charge is -2.33. The van der Waals surface area contributed by atoms with Crippen LogP contribution in [0.5, 0.6) is 0 Å². The van der Waals surface area contributed by atoms with Gasteiger partial charge in [-0.05, 0) is 31.9 Å². The molecule has 8 heteroatoms. The number of ether oxygens (including phenoxy) is 1. The topological polar surface area (TPSA) is 62.9 Å². The van der Waals surface area contributed by atoms with E-state index in [2.05, 4.69) is 30.9 Å². The number of fused-ring (bicyclic) bond motifs is 1. The van der Waals surface area contributed by atoms with Crippen molar-refractivity contribution in [3.05, 3.63) is 23.7 Å². The van der Waals surface area contributed by atoms with Gasteiger partial charge in [-0.3, -0.25) is 4.90 Å². The van der Waals surface area contributed by atoms with Crippen LogP contribution in [0.2, 0.25) is 0 Å². The van der Waals surface area contributed by atoms with E-state index in [4.69, 9.17) is 19.1 Å². The Morgan fingerprint density at radius 3 is 2.56 bits per heavy atom. The predicted octanol–water partition coefficient (Wildman–Crippen LogP) is 3.47. The van der Waals surface area contributed by atoms with Crippen molar-refractivity contribution in [3.63, 3.8) is 0 Å². The van der Waals surface area contributed by atoms with Crippen LogP contribution in [0, 0.1) is 5.92 Å². The summed E-state index contributed by atoms with van der Waals surface area (Å²) in [4.78, 5) is 11.4. The zero-order valence-corrected chi connectivity index (χ0v) is 14.4. The van der Waals surface area contributed by atoms with Gasteiger partial charge in [-0.15, -0.1) is 0 Å². The standard InChI is InChI=1S/C15H23NO2.C2HF3O2/c1-3-13-4-5-14(18-13)10-16-7-6-15-12(9-16)8-11(2)17-15;3-2(4,5)1(6)7/h4-5,11-12,15H,3,6-10H2,1-2H3;(H,6,7)/t11-,12-,15-;/m0./s1. The van der Waals surface area contributed by atoms with Crippen LogP contribution in [0.4, 0.5) is 13.2 Å². The second-order valence-corrected chi connectivity index (χ2v) is 6.53. The molecule has 1 N–H and O–H groups in total. The fourth-order valence-electron chi connectivity index (χ4n) is 3.33. The summed E-state index contributed by atoms with van der Waals surface area (Å²) in [5.41, 5.74) is 0. The largest absolute Gasteiger partial charge is 0.490 e. The minimum atomic E-state index is -5.08. The molecule has 3 atom stereocenters. The zero-order valence-electron chi connectivity index (χ0n) is 14.4. The highest BCUT2D eigenvalue weighted by atomic mass is 19.4. The van der Waals surface area contributed by atoms with Crippen LogP contribution < -0.4 is 0 Å². The van der Waals surface area contributed by atoms with Crippen LogP contribution in [0.1, 0.15) is 38.2 Å². The van der Waals surface area contributed by atoms with E-state index in [0.29, 0.717) is 12.2 Å². The average Bonchev–Trinajstić information content (AvgIpc) is 3.11. The van der Waals surface area contributed by atoms with Crippen molar-refractivity contribution < 1.29 is 32.2 Å². The fourth-order valence-corrected chi connectivity index (χ4v) is 3.33. The molecule has 2 aliphatic heterocycles. The third kappa shape index (κ3) is 5.74. The number of carboxylic acid groups (broad SMARTS) is 1.